The molecule has 8 heteroatoms. The highest BCUT2D eigenvalue weighted by Crippen LogP contribution is 2.29. The number of nitrogens with zero attached hydrogens (tertiary/aromatic N) is 5. The second-order valence-corrected chi connectivity index (χ2v) is 10.4. The molecule has 0 aliphatic carbocycles. The molecular weight excluding hydrogens is 470 g/mol. The van der Waals surface area contributed by atoms with E-state index in [0.29, 0.717) is 0 Å². The van der Waals surface area contributed by atoms with E-state index in [9.17, 15) is 0 Å². The molecule has 4 heterocycles. The van der Waals surface area contributed by atoms with Gasteiger partial charge in [-0.1, -0.05) is 47.3 Å². The van der Waals surface area contributed by atoms with E-state index in [4.69, 9.17) is 8.94 Å². The van der Waals surface area contributed by atoms with Crippen LogP contribution in [0.2, 0.25) is 0 Å². The molecule has 1 aliphatic rings. The van der Waals surface area contributed by atoms with Crippen molar-refractivity contribution in [1.82, 2.24) is 24.8 Å². The van der Waals surface area contributed by atoms with Crippen LogP contribution < -0.4 is 0 Å². The van der Waals surface area contributed by atoms with Crippen molar-refractivity contribution in [2.24, 2.45) is 7.05 Å². The maximum absolute atomic E-state index is 5.98. The Labute approximate surface area is 214 Å². The van der Waals surface area contributed by atoms with Gasteiger partial charge in [-0.3, -0.25) is 0 Å². The summed E-state index contributed by atoms with van der Waals surface area (Å²) in [6.45, 7) is 5.20. The van der Waals surface area contributed by atoms with E-state index in [1.165, 1.54) is 11.1 Å². The van der Waals surface area contributed by atoms with Gasteiger partial charge in [0.1, 0.15) is 17.0 Å². The fourth-order valence-electron chi connectivity index (χ4n) is 4.86. The van der Waals surface area contributed by atoms with Gasteiger partial charge >= 0.3 is 0 Å². The van der Waals surface area contributed by atoms with Crippen LogP contribution in [0.5, 0.6) is 0 Å². The molecule has 0 saturated carbocycles. The minimum atomic E-state index is 0.754. The van der Waals surface area contributed by atoms with Crippen molar-refractivity contribution in [2.75, 3.05) is 25.4 Å². The summed E-state index contributed by atoms with van der Waals surface area (Å²) < 4.78 is 13.3. The van der Waals surface area contributed by atoms with Crippen LogP contribution in [-0.2, 0) is 19.9 Å². The predicted molar refractivity (Wildman–Crippen MR) is 142 cm³/mol. The van der Waals surface area contributed by atoms with Crippen LogP contribution in [0, 0.1) is 6.92 Å². The van der Waals surface area contributed by atoms with E-state index in [-0.39, 0.29) is 0 Å². The van der Waals surface area contributed by atoms with Gasteiger partial charge in [-0.15, -0.1) is 10.2 Å². The van der Waals surface area contributed by atoms with Crippen LogP contribution in [-0.4, -0.2) is 50.2 Å². The molecule has 0 bridgehead atoms. The number of fused-ring (bicyclic) bond motifs is 2. The average molecular weight is 500 g/mol. The second-order valence-electron chi connectivity index (χ2n) is 9.36. The Balaban J connectivity index is 1.02. The molecule has 0 fully saturated rings. The lowest BCUT2D eigenvalue weighted by molar-refractivity contribution is 0.289. The van der Waals surface area contributed by atoms with Crippen LogP contribution in [0.1, 0.15) is 23.3 Å². The Kier molecular flexibility index (Phi) is 6.37. The van der Waals surface area contributed by atoms with E-state index >= 15 is 0 Å². The minimum absolute atomic E-state index is 0.754. The highest BCUT2D eigenvalue weighted by molar-refractivity contribution is 7.99. The third-order valence-corrected chi connectivity index (χ3v) is 7.96. The van der Waals surface area contributed by atoms with E-state index in [2.05, 4.69) is 38.5 Å². The third-order valence-electron chi connectivity index (χ3n) is 6.86. The topological polar surface area (TPSA) is 73.1 Å². The van der Waals surface area contributed by atoms with Crippen LogP contribution in [0.3, 0.4) is 0 Å². The van der Waals surface area contributed by atoms with E-state index in [1.54, 1.807) is 11.8 Å². The molecular formula is C28H29N5O2S. The fraction of sp³-hybridized carbons (Fsp3) is 0.321. The number of hydrogen-bond acceptors (Lipinski definition) is 7. The first kappa shape index (κ1) is 23.1. The average Bonchev–Trinajstić information content (AvgIpc) is 3.57. The lowest BCUT2D eigenvalue weighted by Gasteiger charge is -2.19. The zero-order chi connectivity index (χ0) is 24.5. The highest BCUT2D eigenvalue weighted by Gasteiger charge is 2.17. The standard InChI is InChI=1S/C28H29N5O2S/c1-19-16-24(31-35-19)22-9-8-20-10-13-33(14-11-21(20)17-22)12-5-15-36-28-30-29-27(32(28)2)26-18-23-6-3-4-7-25(23)34-26/h3-4,6-9,16-18H,5,10-15H2,1-2H3. The monoisotopic (exact) mass is 499 g/mol. The molecule has 1 aliphatic heterocycles. The van der Waals surface area contributed by atoms with Gasteiger partial charge in [0.25, 0.3) is 0 Å². The quantitative estimate of drug-likeness (QED) is 0.208. The Morgan fingerprint density at radius 1 is 0.972 bits per heavy atom. The van der Waals surface area contributed by atoms with Crippen molar-refractivity contribution in [1.29, 1.82) is 0 Å². The summed E-state index contributed by atoms with van der Waals surface area (Å²) in [6, 6.07) is 18.8. The summed E-state index contributed by atoms with van der Waals surface area (Å²) in [5, 5.41) is 15.0. The molecule has 0 radical (unpaired) electrons. The number of furan rings is 1. The largest absolute Gasteiger partial charge is 0.453 e. The van der Waals surface area contributed by atoms with Gasteiger partial charge in [-0.05, 0) is 62.1 Å². The maximum atomic E-state index is 5.98. The molecule has 3 aromatic heterocycles. The van der Waals surface area contributed by atoms with Crippen LogP contribution >= 0.6 is 11.8 Å². The number of benzene rings is 2. The van der Waals surface area contributed by atoms with Crippen molar-refractivity contribution in [2.45, 2.75) is 31.3 Å². The number of thioether (sulfide) groups is 1. The summed E-state index contributed by atoms with van der Waals surface area (Å²) >= 11 is 1.76. The summed E-state index contributed by atoms with van der Waals surface area (Å²) in [7, 11) is 2.01. The normalized spacial score (nSPS) is 14.3. The molecule has 0 atom stereocenters. The molecule has 0 N–H and O–H groups in total. The molecule has 184 valence electrons. The lowest BCUT2D eigenvalue weighted by Crippen LogP contribution is -2.27. The van der Waals surface area contributed by atoms with Crippen molar-refractivity contribution >= 4 is 22.7 Å². The van der Waals surface area contributed by atoms with Crippen LogP contribution in [0.4, 0.5) is 0 Å². The summed E-state index contributed by atoms with van der Waals surface area (Å²) in [4.78, 5) is 2.58. The molecule has 36 heavy (non-hydrogen) atoms. The van der Waals surface area contributed by atoms with E-state index in [0.717, 1.165) is 89.4 Å². The highest BCUT2D eigenvalue weighted by atomic mass is 32.2. The molecule has 6 rings (SSSR count). The molecule has 5 aromatic rings. The van der Waals surface area contributed by atoms with Gasteiger partial charge in [-0.25, -0.2) is 0 Å². The SMILES string of the molecule is Cc1cc(-c2ccc3c(c2)CCN(CCCSc2nnc(-c4cc5ccccc5o4)n2C)CC3)no1. The Bertz CT molecular complexity index is 1470. The van der Waals surface area contributed by atoms with E-state index in [1.807, 2.05) is 54.9 Å². The maximum Gasteiger partial charge on any atom is 0.200 e. The molecule has 7 nitrogen and oxygen atoms in total. The zero-order valence-corrected chi connectivity index (χ0v) is 21.4. The van der Waals surface area contributed by atoms with Gasteiger partial charge < -0.3 is 18.4 Å². The molecule has 0 amide bonds. The van der Waals surface area contributed by atoms with Gasteiger partial charge in [0.2, 0.25) is 0 Å². The molecule has 0 saturated heterocycles. The first-order chi connectivity index (χ1) is 17.6. The summed E-state index contributed by atoms with van der Waals surface area (Å²) in [5.74, 6) is 3.37. The van der Waals surface area contributed by atoms with Gasteiger partial charge in [0.05, 0.1) is 0 Å². The van der Waals surface area contributed by atoms with Crippen LogP contribution in [0.15, 0.2) is 68.7 Å². The lowest BCUT2D eigenvalue weighted by atomic mass is 9.99. The predicted octanol–water partition coefficient (Wildman–Crippen LogP) is 5.77. The van der Waals surface area contributed by atoms with Gasteiger partial charge in [0, 0.05) is 42.9 Å². The molecule has 2 aromatic carbocycles. The summed E-state index contributed by atoms with van der Waals surface area (Å²) in [5.41, 5.74) is 5.81. The Morgan fingerprint density at radius 3 is 2.67 bits per heavy atom. The number of hydrogen-bond donors (Lipinski definition) is 0. The van der Waals surface area contributed by atoms with Crippen molar-refractivity contribution in [3.8, 4) is 22.8 Å². The number of para-hydroxylation sites is 1. The fourth-order valence-corrected chi connectivity index (χ4v) is 5.69. The number of aromatic nitrogens is 4. The number of rotatable bonds is 7. The van der Waals surface area contributed by atoms with Gasteiger partial charge in [0.15, 0.2) is 16.7 Å². The van der Waals surface area contributed by atoms with Gasteiger partial charge in [-0.2, -0.15) is 0 Å². The smallest absolute Gasteiger partial charge is 0.200 e. The first-order valence-electron chi connectivity index (χ1n) is 12.4. The first-order valence-corrected chi connectivity index (χ1v) is 13.4. The zero-order valence-electron chi connectivity index (χ0n) is 20.6. The summed E-state index contributed by atoms with van der Waals surface area (Å²) in [6.07, 6.45) is 3.26. The second kappa shape index (κ2) is 9.95. The minimum Gasteiger partial charge on any atom is -0.453 e. The van der Waals surface area contributed by atoms with Crippen LogP contribution in [0.25, 0.3) is 33.8 Å². The third kappa shape index (κ3) is 4.70. The van der Waals surface area contributed by atoms with Crippen molar-refractivity contribution in [3.63, 3.8) is 0 Å². The Morgan fingerprint density at radius 2 is 1.83 bits per heavy atom. The van der Waals surface area contributed by atoms with E-state index < -0.39 is 0 Å². The Hall–Kier alpha value is -3.36. The van der Waals surface area contributed by atoms with Crippen molar-refractivity contribution in [3.05, 3.63) is 71.5 Å². The van der Waals surface area contributed by atoms with Crippen molar-refractivity contribution < 1.29 is 8.94 Å². The molecule has 0 unspecified atom stereocenters. The molecule has 0 spiro atoms. The number of aryl methyl sites for hydroxylation is 1.